The molecule has 25 heavy (non-hydrogen) atoms. The summed E-state index contributed by atoms with van der Waals surface area (Å²) < 4.78 is 2.14. The standard InChI is InChI=1S/C19H26N4O2/c1-14-20-15(16-5-3-4-8-23(14)16)12-22-9-6-19(7-10-22)11-17(18(24)25)21(2)13-19/h3-5,8,17H,6-7,9-13H2,1-2H3,(H,24,25). The van der Waals surface area contributed by atoms with Crippen molar-refractivity contribution < 1.29 is 9.90 Å². The van der Waals surface area contributed by atoms with Crippen molar-refractivity contribution in [1.29, 1.82) is 0 Å². The van der Waals surface area contributed by atoms with Crippen LogP contribution in [0.15, 0.2) is 24.4 Å². The van der Waals surface area contributed by atoms with Crippen LogP contribution in [0.1, 0.15) is 30.8 Å². The average molecular weight is 342 g/mol. The summed E-state index contributed by atoms with van der Waals surface area (Å²) in [6.07, 6.45) is 5.00. The lowest BCUT2D eigenvalue weighted by Gasteiger charge is -2.39. The minimum Gasteiger partial charge on any atom is -0.480 e. The number of rotatable bonds is 3. The van der Waals surface area contributed by atoms with E-state index < -0.39 is 5.97 Å². The van der Waals surface area contributed by atoms with Gasteiger partial charge in [-0.2, -0.15) is 0 Å². The van der Waals surface area contributed by atoms with Gasteiger partial charge in [-0.1, -0.05) is 6.07 Å². The molecule has 0 bridgehead atoms. The molecule has 0 saturated carbocycles. The molecule has 1 spiro atoms. The van der Waals surface area contributed by atoms with Crippen LogP contribution in [-0.4, -0.2) is 63.0 Å². The third kappa shape index (κ3) is 2.93. The van der Waals surface area contributed by atoms with Crippen LogP contribution in [0.3, 0.4) is 0 Å². The molecule has 134 valence electrons. The lowest BCUT2D eigenvalue weighted by Crippen LogP contribution is -2.41. The van der Waals surface area contributed by atoms with Gasteiger partial charge >= 0.3 is 5.97 Å². The normalized spacial score (nSPS) is 24.3. The van der Waals surface area contributed by atoms with Gasteiger partial charge in [-0.15, -0.1) is 0 Å². The Kier molecular flexibility index (Phi) is 4.04. The number of carbonyl (C=O) groups is 1. The Morgan fingerprint density at radius 3 is 2.80 bits per heavy atom. The lowest BCUT2D eigenvalue weighted by molar-refractivity contribution is -0.141. The molecule has 2 saturated heterocycles. The van der Waals surface area contributed by atoms with Gasteiger partial charge in [0.05, 0.1) is 11.2 Å². The number of imidazole rings is 1. The third-order valence-corrected chi connectivity index (χ3v) is 6.12. The molecule has 2 aromatic heterocycles. The molecule has 2 aliphatic rings. The minimum absolute atomic E-state index is 0.181. The molecule has 4 heterocycles. The molecular weight excluding hydrogens is 316 g/mol. The molecule has 2 aliphatic heterocycles. The third-order valence-electron chi connectivity index (χ3n) is 6.12. The number of piperidine rings is 1. The first-order valence-corrected chi connectivity index (χ1v) is 9.05. The summed E-state index contributed by atoms with van der Waals surface area (Å²) in [5, 5.41) is 9.38. The van der Waals surface area contributed by atoms with E-state index in [2.05, 4.69) is 27.6 Å². The van der Waals surface area contributed by atoms with E-state index in [0.29, 0.717) is 0 Å². The Balaban J connectivity index is 1.43. The number of hydrogen-bond donors (Lipinski definition) is 1. The summed E-state index contributed by atoms with van der Waals surface area (Å²) in [7, 11) is 1.94. The van der Waals surface area contributed by atoms with Crippen molar-refractivity contribution in [1.82, 2.24) is 19.2 Å². The van der Waals surface area contributed by atoms with Crippen LogP contribution in [0.5, 0.6) is 0 Å². The second-order valence-electron chi connectivity index (χ2n) is 7.81. The Bertz CT molecular complexity index is 792. The lowest BCUT2D eigenvalue weighted by atomic mass is 9.76. The maximum Gasteiger partial charge on any atom is 0.320 e. The molecule has 2 aromatic rings. The van der Waals surface area contributed by atoms with E-state index in [0.717, 1.165) is 57.0 Å². The number of likely N-dealkylation sites (N-methyl/N-ethyl adjacent to an activating group) is 1. The number of likely N-dealkylation sites (tertiary alicyclic amines) is 2. The number of aryl methyl sites for hydroxylation is 1. The second-order valence-corrected chi connectivity index (χ2v) is 7.81. The number of carboxylic acid groups (broad SMARTS) is 1. The summed E-state index contributed by atoms with van der Waals surface area (Å²) in [4.78, 5) is 20.6. The van der Waals surface area contributed by atoms with Crippen molar-refractivity contribution >= 4 is 11.5 Å². The number of hydrogen-bond acceptors (Lipinski definition) is 4. The van der Waals surface area contributed by atoms with Gasteiger partial charge in [0.2, 0.25) is 0 Å². The van der Waals surface area contributed by atoms with Gasteiger partial charge in [-0.25, -0.2) is 4.98 Å². The molecular formula is C19H26N4O2. The molecule has 4 rings (SSSR count). The fourth-order valence-electron chi connectivity index (χ4n) is 4.69. The highest BCUT2D eigenvalue weighted by Gasteiger charge is 2.46. The molecule has 6 nitrogen and oxygen atoms in total. The van der Waals surface area contributed by atoms with Crippen molar-refractivity contribution in [3.63, 3.8) is 0 Å². The number of nitrogens with zero attached hydrogens (tertiary/aromatic N) is 4. The maximum absolute atomic E-state index is 11.4. The number of fused-ring (bicyclic) bond motifs is 1. The highest BCUT2D eigenvalue weighted by molar-refractivity contribution is 5.74. The zero-order chi connectivity index (χ0) is 17.6. The zero-order valence-electron chi connectivity index (χ0n) is 15.0. The first-order chi connectivity index (χ1) is 12.0. The van der Waals surface area contributed by atoms with E-state index in [9.17, 15) is 9.90 Å². The van der Waals surface area contributed by atoms with Gasteiger partial charge in [0.15, 0.2) is 0 Å². The minimum atomic E-state index is -0.679. The SMILES string of the molecule is Cc1nc(CN2CCC3(CC2)CC(C(=O)O)N(C)C3)c2ccccn12. The fraction of sp³-hybridized carbons (Fsp3) is 0.579. The first kappa shape index (κ1) is 16.5. The van der Waals surface area contributed by atoms with Crippen LogP contribution in [0.2, 0.25) is 0 Å². The van der Waals surface area contributed by atoms with Crippen molar-refractivity contribution in [3.8, 4) is 0 Å². The second kappa shape index (κ2) is 6.11. The quantitative estimate of drug-likeness (QED) is 0.925. The number of pyridine rings is 1. The summed E-state index contributed by atoms with van der Waals surface area (Å²) in [5.41, 5.74) is 2.51. The van der Waals surface area contributed by atoms with Crippen molar-refractivity contribution in [2.45, 2.75) is 38.8 Å². The molecule has 0 radical (unpaired) electrons. The predicted molar refractivity (Wildman–Crippen MR) is 95.5 cm³/mol. The molecule has 0 aliphatic carbocycles. The Morgan fingerprint density at radius 1 is 1.36 bits per heavy atom. The van der Waals surface area contributed by atoms with E-state index >= 15 is 0 Å². The van der Waals surface area contributed by atoms with Crippen LogP contribution in [-0.2, 0) is 11.3 Å². The van der Waals surface area contributed by atoms with Gasteiger partial charge in [0.25, 0.3) is 0 Å². The smallest absolute Gasteiger partial charge is 0.320 e. The van der Waals surface area contributed by atoms with Crippen LogP contribution in [0.25, 0.3) is 5.52 Å². The van der Waals surface area contributed by atoms with Gasteiger partial charge in [-0.05, 0) is 63.9 Å². The Hall–Kier alpha value is -1.92. The van der Waals surface area contributed by atoms with E-state index in [1.807, 2.05) is 24.9 Å². The molecule has 1 N–H and O–H groups in total. The van der Waals surface area contributed by atoms with E-state index in [-0.39, 0.29) is 11.5 Å². The molecule has 0 aromatic carbocycles. The number of aromatic nitrogens is 2. The van der Waals surface area contributed by atoms with Crippen molar-refractivity contribution in [2.24, 2.45) is 5.41 Å². The molecule has 6 heteroatoms. The number of carboxylic acids is 1. The summed E-state index contributed by atoms with van der Waals surface area (Å²) in [6.45, 7) is 5.86. The van der Waals surface area contributed by atoms with Crippen LogP contribution in [0.4, 0.5) is 0 Å². The first-order valence-electron chi connectivity index (χ1n) is 9.05. The van der Waals surface area contributed by atoms with Gasteiger partial charge in [-0.3, -0.25) is 14.6 Å². The summed E-state index contributed by atoms with van der Waals surface area (Å²) >= 11 is 0. The van der Waals surface area contributed by atoms with Gasteiger partial charge in [0.1, 0.15) is 11.9 Å². The van der Waals surface area contributed by atoms with E-state index in [1.54, 1.807) is 0 Å². The largest absolute Gasteiger partial charge is 0.480 e. The van der Waals surface area contributed by atoms with Crippen molar-refractivity contribution in [2.75, 3.05) is 26.7 Å². The monoisotopic (exact) mass is 342 g/mol. The van der Waals surface area contributed by atoms with Crippen LogP contribution < -0.4 is 0 Å². The van der Waals surface area contributed by atoms with Crippen LogP contribution >= 0.6 is 0 Å². The maximum atomic E-state index is 11.4. The molecule has 1 unspecified atom stereocenters. The Labute approximate surface area is 148 Å². The van der Waals surface area contributed by atoms with E-state index in [1.165, 1.54) is 5.52 Å². The highest BCUT2D eigenvalue weighted by Crippen LogP contribution is 2.43. The summed E-state index contributed by atoms with van der Waals surface area (Å²) in [5.74, 6) is 0.350. The fourth-order valence-corrected chi connectivity index (χ4v) is 4.69. The highest BCUT2D eigenvalue weighted by atomic mass is 16.4. The zero-order valence-corrected chi connectivity index (χ0v) is 15.0. The van der Waals surface area contributed by atoms with Gasteiger partial charge < -0.3 is 9.51 Å². The van der Waals surface area contributed by atoms with Crippen LogP contribution in [0, 0.1) is 12.3 Å². The number of aliphatic carboxylic acids is 1. The molecule has 2 fully saturated rings. The average Bonchev–Trinajstić information content (AvgIpc) is 3.08. The van der Waals surface area contributed by atoms with Crippen molar-refractivity contribution in [3.05, 3.63) is 35.9 Å². The van der Waals surface area contributed by atoms with E-state index in [4.69, 9.17) is 4.98 Å². The topological polar surface area (TPSA) is 61.1 Å². The van der Waals surface area contributed by atoms with Gasteiger partial charge in [0, 0.05) is 19.3 Å². The Morgan fingerprint density at radius 2 is 2.12 bits per heavy atom. The molecule has 1 atom stereocenters. The summed E-state index contributed by atoms with van der Waals surface area (Å²) in [6, 6.07) is 5.91. The molecule has 0 amide bonds. The predicted octanol–water partition coefficient (Wildman–Crippen LogP) is 2.01.